The van der Waals surface area contributed by atoms with Gasteiger partial charge in [0.1, 0.15) is 13.1 Å². The third-order valence-electron chi connectivity index (χ3n) is 6.50. The number of Topliss-reactive ketones (excluding diaryl/α,β-unsaturated/α-hetero) is 1. The number of para-hydroxylation sites is 1. The highest BCUT2D eigenvalue weighted by molar-refractivity contribution is 7.10. The van der Waals surface area contributed by atoms with Crippen molar-refractivity contribution in [3.63, 3.8) is 0 Å². The molecule has 0 radical (unpaired) electrons. The van der Waals surface area contributed by atoms with Gasteiger partial charge in [-0.05, 0) is 30.5 Å². The van der Waals surface area contributed by atoms with Gasteiger partial charge in [0.25, 0.3) is 5.91 Å². The molecular weight excluding hydrogens is 452 g/mol. The van der Waals surface area contributed by atoms with Gasteiger partial charge in [-0.2, -0.15) is 5.10 Å². The van der Waals surface area contributed by atoms with Crippen LogP contribution in [0.5, 0.6) is 0 Å². The van der Waals surface area contributed by atoms with E-state index in [1.165, 1.54) is 22.4 Å². The molecule has 2 fully saturated rings. The van der Waals surface area contributed by atoms with E-state index in [0.717, 1.165) is 23.7 Å². The zero-order valence-corrected chi connectivity index (χ0v) is 19.7. The Morgan fingerprint density at radius 2 is 1.94 bits per heavy atom. The van der Waals surface area contributed by atoms with E-state index in [1.807, 2.05) is 47.8 Å². The Bertz CT molecular complexity index is 1210. The predicted molar refractivity (Wildman–Crippen MR) is 125 cm³/mol. The van der Waals surface area contributed by atoms with Crippen LogP contribution in [-0.2, 0) is 14.3 Å². The topological polar surface area (TPSA) is 91.9 Å². The number of ketones is 1. The highest BCUT2D eigenvalue weighted by atomic mass is 32.1. The second-order valence-electron chi connectivity index (χ2n) is 8.49. The molecule has 176 valence electrons. The molecular formula is C25H26N4O4S. The van der Waals surface area contributed by atoms with Crippen molar-refractivity contribution < 1.29 is 24.3 Å². The number of benzene rings is 1. The highest BCUT2D eigenvalue weighted by Gasteiger charge is 2.45. The van der Waals surface area contributed by atoms with Gasteiger partial charge < -0.3 is 19.6 Å². The summed E-state index contributed by atoms with van der Waals surface area (Å²) < 4.78 is 7.10. The van der Waals surface area contributed by atoms with Crippen LogP contribution in [0, 0.1) is 6.92 Å². The summed E-state index contributed by atoms with van der Waals surface area (Å²) in [5, 5.41) is 20.0. The molecule has 2 aromatic heterocycles. The number of nitrogens with one attached hydrogen (secondary N) is 1. The molecule has 0 saturated carbocycles. The van der Waals surface area contributed by atoms with Gasteiger partial charge in [-0.25, -0.2) is 4.68 Å². The SMILES string of the molecule is Cc1c(C([O-])=C2C(=O)C(=O)N(CC[NH+]3CCOCC3)C2c2cccs2)cnn1-c1ccccc1. The summed E-state index contributed by atoms with van der Waals surface area (Å²) in [4.78, 5) is 30.0. The monoisotopic (exact) mass is 478 g/mol. The van der Waals surface area contributed by atoms with Crippen LogP contribution in [-0.4, -0.2) is 65.8 Å². The minimum Gasteiger partial charge on any atom is -0.872 e. The molecule has 34 heavy (non-hydrogen) atoms. The van der Waals surface area contributed by atoms with Gasteiger partial charge in [-0.3, -0.25) is 9.59 Å². The fraction of sp³-hybridized carbons (Fsp3) is 0.320. The summed E-state index contributed by atoms with van der Waals surface area (Å²) in [6.45, 7) is 6.03. The molecule has 1 atom stereocenters. The first-order valence-electron chi connectivity index (χ1n) is 11.4. The number of hydrogen-bond acceptors (Lipinski definition) is 6. The van der Waals surface area contributed by atoms with E-state index >= 15 is 0 Å². The molecule has 2 aliphatic heterocycles. The van der Waals surface area contributed by atoms with Crippen molar-refractivity contribution in [3.05, 3.63) is 75.7 Å². The summed E-state index contributed by atoms with van der Waals surface area (Å²) in [6.07, 6.45) is 1.49. The number of carbonyl (C=O) groups excluding carboxylic acids is 2. The Morgan fingerprint density at radius 3 is 2.65 bits per heavy atom. The Kier molecular flexibility index (Phi) is 6.32. The average molecular weight is 479 g/mol. The first kappa shape index (κ1) is 22.5. The van der Waals surface area contributed by atoms with Crippen molar-refractivity contribution in [3.8, 4) is 5.69 Å². The molecule has 8 nitrogen and oxygen atoms in total. The maximum absolute atomic E-state index is 13.7. The summed E-state index contributed by atoms with van der Waals surface area (Å²) >= 11 is 1.45. The summed E-state index contributed by atoms with van der Waals surface area (Å²) in [6, 6.07) is 12.6. The Hall–Kier alpha value is -3.27. The lowest BCUT2D eigenvalue weighted by Crippen LogP contribution is -3.14. The second-order valence-corrected chi connectivity index (χ2v) is 9.47. The van der Waals surface area contributed by atoms with E-state index < -0.39 is 23.5 Å². The molecule has 1 unspecified atom stereocenters. The Balaban J connectivity index is 1.52. The molecule has 2 saturated heterocycles. The normalized spacial score (nSPS) is 20.9. The van der Waals surface area contributed by atoms with Crippen LogP contribution in [0.25, 0.3) is 11.4 Å². The van der Waals surface area contributed by atoms with E-state index in [-0.39, 0.29) is 5.57 Å². The van der Waals surface area contributed by atoms with Crippen LogP contribution in [0.1, 0.15) is 22.2 Å². The molecule has 1 aromatic carbocycles. The molecule has 9 heteroatoms. The number of morpholine rings is 1. The van der Waals surface area contributed by atoms with Crippen LogP contribution < -0.4 is 10.0 Å². The average Bonchev–Trinajstić information content (AvgIpc) is 3.58. The molecule has 0 aliphatic carbocycles. The van der Waals surface area contributed by atoms with E-state index in [1.54, 1.807) is 16.5 Å². The number of aromatic nitrogens is 2. The van der Waals surface area contributed by atoms with Crippen molar-refractivity contribution in [1.29, 1.82) is 0 Å². The van der Waals surface area contributed by atoms with Gasteiger partial charge in [0.15, 0.2) is 0 Å². The fourth-order valence-corrected chi connectivity index (χ4v) is 5.48. The molecule has 2 aliphatic rings. The third-order valence-corrected chi connectivity index (χ3v) is 7.43. The standard InChI is InChI=1S/C25H26N4O4S/c1-17-19(16-26-29(17)18-6-3-2-4-7-18)23(30)21-22(20-8-5-15-34-20)28(25(32)24(21)31)10-9-27-11-13-33-14-12-27/h2-8,15-16,22,30H,9-14H2,1H3. The van der Waals surface area contributed by atoms with Gasteiger partial charge in [-0.1, -0.05) is 30.0 Å². The van der Waals surface area contributed by atoms with Gasteiger partial charge in [0.2, 0.25) is 5.78 Å². The first-order chi connectivity index (χ1) is 16.6. The Morgan fingerprint density at radius 1 is 1.18 bits per heavy atom. The number of rotatable bonds is 6. The van der Waals surface area contributed by atoms with Crippen molar-refractivity contribution in [1.82, 2.24) is 14.7 Å². The molecule has 1 N–H and O–H groups in total. The smallest absolute Gasteiger partial charge is 0.295 e. The summed E-state index contributed by atoms with van der Waals surface area (Å²) in [5.74, 6) is -1.76. The molecule has 3 aromatic rings. The van der Waals surface area contributed by atoms with Crippen molar-refractivity contribution in [2.45, 2.75) is 13.0 Å². The van der Waals surface area contributed by atoms with Gasteiger partial charge in [0, 0.05) is 21.7 Å². The Labute approximate surface area is 201 Å². The molecule has 5 rings (SSSR count). The van der Waals surface area contributed by atoms with E-state index in [4.69, 9.17) is 4.74 Å². The lowest BCUT2D eigenvalue weighted by Gasteiger charge is -2.29. The van der Waals surface area contributed by atoms with Crippen LogP contribution in [0.15, 0.2) is 59.6 Å². The number of likely N-dealkylation sites (tertiary alicyclic amines) is 1. The second kappa shape index (κ2) is 9.54. The summed E-state index contributed by atoms with van der Waals surface area (Å²) in [5.41, 5.74) is 1.80. The van der Waals surface area contributed by atoms with Gasteiger partial charge in [-0.15, -0.1) is 11.3 Å². The quantitative estimate of drug-likeness (QED) is 0.314. The van der Waals surface area contributed by atoms with Crippen LogP contribution in [0.3, 0.4) is 0 Å². The number of ether oxygens (including phenoxy) is 1. The number of nitrogens with zero attached hydrogens (tertiary/aromatic N) is 3. The predicted octanol–water partition coefficient (Wildman–Crippen LogP) is 0.381. The maximum Gasteiger partial charge on any atom is 0.295 e. The molecule has 0 spiro atoms. The van der Waals surface area contributed by atoms with Crippen LogP contribution in [0.2, 0.25) is 0 Å². The minimum absolute atomic E-state index is 0.0140. The van der Waals surface area contributed by atoms with Crippen molar-refractivity contribution in [2.24, 2.45) is 0 Å². The number of carbonyl (C=O) groups is 2. The first-order valence-corrected chi connectivity index (χ1v) is 12.3. The number of thiophene rings is 1. The zero-order valence-electron chi connectivity index (χ0n) is 18.9. The lowest BCUT2D eigenvalue weighted by molar-refractivity contribution is -0.907. The largest absolute Gasteiger partial charge is 0.872 e. The minimum atomic E-state index is -0.716. The van der Waals surface area contributed by atoms with E-state index in [9.17, 15) is 14.7 Å². The van der Waals surface area contributed by atoms with Crippen LogP contribution in [0.4, 0.5) is 0 Å². The van der Waals surface area contributed by atoms with Gasteiger partial charge >= 0.3 is 0 Å². The fourth-order valence-electron chi connectivity index (χ4n) is 4.64. The maximum atomic E-state index is 13.7. The van der Waals surface area contributed by atoms with Gasteiger partial charge in [0.05, 0.1) is 44.2 Å². The van der Waals surface area contributed by atoms with Crippen molar-refractivity contribution >= 4 is 28.8 Å². The highest BCUT2D eigenvalue weighted by Crippen LogP contribution is 2.40. The van der Waals surface area contributed by atoms with Crippen molar-refractivity contribution in [2.75, 3.05) is 39.4 Å². The molecule has 4 heterocycles. The third kappa shape index (κ3) is 4.06. The van der Waals surface area contributed by atoms with Crippen LogP contribution >= 0.6 is 11.3 Å². The molecule has 1 amide bonds. The zero-order chi connectivity index (χ0) is 23.7. The van der Waals surface area contributed by atoms with E-state index in [2.05, 4.69) is 5.10 Å². The summed E-state index contributed by atoms with van der Waals surface area (Å²) in [7, 11) is 0. The molecule has 0 bridgehead atoms. The number of quaternary nitrogens is 1. The number of amides is 1. The number of hydrogen-bond donors (Lipinski definition) is 1. The van der Waals surface area contributed by atoms with E-state index in [0.29, 0.717) is 37.6 Å². The lowest BCUT2D eigenvalue weighted by atomic mass is 10.00.